The molecule has 4 N–H and O–H groups in total. The third-order valence-electron chi connectivity index (χ3n) is 8.37. The average molecular weight is 652 g/mol. The Hall–Kier alpha value is -5.86. The predicted octanol–water partition coefficient (Wildman–Crippen LogP) is 3.43. The summed E-state index contributed by atoms with van der Waals surface area (Å²) < 4.78 is 1.69. The topological polar surface area (TPSA) is 179 Å². The van der Waals surface area contributed by atoms with Crippen molar-refractivity contribution in [1.82, 2.24) is 35.2 Å². The van der Waals surface area contributed by atoms with Crippen molar-refractivity contribution in [1.29, 1.82) is 0 Å². The highest BCUT2D eigenvalue weighted by Gasteiger charge is 2.34. The minimum atomic E-state index is -0.428. The molecule has 248 valence electrons. The van der Waals surface area contributed by atoms with Gasteiger partial charge < -0.3 is 31.1 Å². The van der Waals surface area contributed by atoms with Crippen LogP contribution in [0.5, 0.6) is 0 Å². The molecule has 2 aliphatic rings. The summed E-state index contributed by atoms with van der Waals surface area (Å²) in [6, 6.07) is 12.2. The van der Waals surface area contributed by atoms with Gasteiger partial charge in [0, 0.05) is 51.3 Å². The molecular formula is C33H37N11O4. The first-order chi connectivity index (χ1) is 23.1. The van der Waals surface area contributed by atoms with Gasteiger partial charge in [-0.1, -0.05) is 25.1 Å². The molecule has 1 unspecified atom stereocenters. The van der Waals surface area contributed by atoms with E-state index in [0.29, 0.717) is 17.8 Å². The van der Waals surface area contributed by atoms with Gasteiger partial charge in [-0.15, -0.1) is 10.2 Å². The van der Waals surface area contributed by atoms with Crippen LogP contribution < -0.4 is 26.2 Å². The number of carbonyl (C=O) groups excluding carboxylic acids is 4. The van der Waals surface area contributed by atoms with E-state index >= 15 is 0 Å². The summed E-state index contributed by atoms with van der Waals surface area (Å²) in [5.74, 6) is -0.644. The van der Waals surface area contributed by atoms with Gasteiger partial charge in [-0.2, -0.15) is 5.10 Å². The van der Waals surface area contributed by atoms with Crippen LogP contribution in [0.2, 0.25) is 0 Å². The van der Waals surface area contributed by atoms with Crippen LogP contribution in [0.1, 0.15) is 58.9 Å². The van der Waals surface area contributed by atoms with E-state index in [1.54, 1.807) is 49.2 Å². The van der Waals surface area contributed by atoms with Gasteiger partial charge >= 0.3 is 0 Å². The average Bonchev–Trinajstić information content (AvgIpc) is 3.85. The molecule has 6 rings (SSSR count). The predicted molar refractivity (Wildman–Crippen MR) is 180 cm³/mol. The Kier molecular flexibility index (Phi) is 8.76. The smallest absolute Gasteiger partial charge is 0.273 e. The third kappa shape index (κ3) is 6.26. The minimum Gasteiger partial charge on any atom is -0.364 e. The fraction of sp³-hybridized carbons (Fsp3) is 0.333. The van der Waals surface area contributed by atoms with Gasteiger partial charge in [0.2, 0.25) is 11.8 Å². The minimum absolute atomic E-state index is 0.0228. The number of anilines is 5. The first-order valence-corrected chi connectivity index (χ1v) is 15.7. The number of carbonyl (C=O) groups is 4. The van der Waals surface area contributed by atoms with Crippen molar-refractivity contribution < 1.29 is 19.2 Å². The highest BCUT2D eigenvalue weighted by Crippen LogP contribution is 2.49. The molecule has 4 amide bonds. The van der Waals surface area contributed by atoms with Gasteiger partial charge in [-0.3, -0.25) is 23.9 Å². The maximum absolute atomic E-state index is 13.2. The summed E-state index contributed by atoms with van der Waals surface area (Å²) >= 11 is 0. The first-order valence-electron chi connectivity index (χ1n) is 15.7. The molecule has 1 aliphatic heterocycles. The van der Waals surface area contributed by atoms with Crippen LogP contribution in [0.3, 0.4) is 0 Å². The molecule has 1 aromatic carbocycles. The summed E-state index contributed by atoms with van der Waals surface area (Å²) in [7, 11) is 6.77. The maximum Gasteiger partial charge on any atom is 0.273 e. The first kappa shape index (κ1) is 32.1. The van der Waals surface area contributed by atoms with Crippen molar-refractivity contribution in [2.45, 2.75) is 38.8 Å². The normalized spacial score (nSPS) is 14.8. The number of aromatic nitrogens is 5. The molecule has 1 aliphatic carbocycles. The number of amides is 4. The number of pyridine rings is 1. The molecule has 1 saturated carbocycles. The maximum atomic E-state index is 13.2. The zero-order valence-electron chi connectivity index (χ0n) is 27.4. The molecule has 4 aromatic rings. The van der Waals surface area contributed by atoms with E-state index in [4.69, 9.17) is 0 Å². The molecule has 0 spiro atoms. The van der Waals surface area contributed by atoms with Gasteiger partial charge in [0.15, 0.2) is 11.5 Å². The number of benzene rings is 1. The zero-order chi connectivity index (χ0) is 34.1. The number of rotatable bonds is 10. The van der Waals surface area contributed by atoms with E-state index in [0.717, 1.165) is 35.3 Å². The third-order valence-corrected chi connectivity index (χ3v) is 8.37. The quantitative estimate of drug-likeness (QED) is 0.199. The van der Waals surface area contributed by atoms with Crippen LogP contribution in [0, 0.1) is 5.92 Å². The van der Waals surface area contributed by atoms with Crippen LogP contribution in [0.25, 0.3) is 11.1 Å². The number of fused-ring (bicyclic) bond motifs is 3. The van der Waals surface area contributed by atoms with E-state index in [9.17, 15) is 19.2 Å². The van der Waals surface area contributed by atoms with E-state index in [2.05, 4.69) is 53.4 Å². The number of nitrogens with one attached hydrogen (secondary N) is 4. The van der Waals surface area contributed by atoms with Gasteiger partial charge in [0.25, 0.3) is 11.8 Å². The van der Waals surface area contributed by atoms with Gasteiger partial charge in [0.1, 0.15) is 18.1 Å². The van der Waals surface area contributed by atoms with Crippen LogP contribution in [0.15, 0.2) is 48.7 Å². The lowest BCUT2D eigenvalue weighted by atomic mass is 9.91. The molecule has 48 heavy (non-hydrogen) atoms. The largest absolute Gasteiger partial charge is 0.364 e. The number of nitrogens with zero attached hydrogens (tertiary/aromatic N) is 7. The summed E-state index contributed by atoms with van der Waals surface area (Å²) in [5.41, 5.74) is 4.91. The van der Waals surface area contributed by atoms with Crippen molar-refractivity contribution in [3.05, 3.63) is 65.7 Å². The molecule has 0 saturated heterocycles. The molecule has 3 aromatic heterocycles. The van der Waals surface area contributed by atoms with Gasteiger partial charge in [-0.05, 0) is 37.5 Å². The molecule has 0 bridgehead atoms. The Labute approximate surface area is 277 Å². The van der Waals surface area contributed by atoms with Crippen LogP contribution >= 0.6 is 0 Å². The fourth-order valence-electron chi connectivity index (χ4n) is 5.85. The SMILES string of the molecule is CCC1c2c(cnn2CC(=O)Nc2cccc(C(=O)N(C)C)n2)-c2cccc(Nc3cc(NC(=O)C4CC4)nnc3C(=O)NC)c2N1C. The second-order valence-corrected chi connectivity index (χ2v) is 12.0. The molecule has 1 atom stereocenters. The van der Waals surface area contributed by atoms with Gasteiger partial charge in [-0.25, -0.2) is 4.98 Å². The molecule has 15 nitrogen and oxygen atoms in total. The molecule has 0 radical (unpaired) electrons. The summed E-state index contributed by atoms with van der Waals surface area (Å²) in [6.45, 7) is 2.00. The lowest BCUT2D eigenvalue weighted by Crippen LogP contribution is -2.32. The lowest BCUT2D eigenvalue weighted by Gasteiger charge is -2.37. The highest BCUT2D eigenvalue weighted by atomic mass is 16.2. The van der Waals surface area contributed by atoms with Crippen molar-refractivity contribution in [3.8, 4) is 11.1 Å². The van der Waals surface area contributed by atoms with E-state index in [-0.39, 0.29) is 59.2 Å². The van der Waals surface area contributed by atoms with Crippen molar-refractivity contribution in [2.24, 2.45) is 5.92 Å². The molecule has 15 heteroatoms. The Balaban J connectivity index is 1.30. The Morgan fingerprint density at radius 2 is 1.73 bits per heavy atom. The number of para-hydroxylation sites is 1. The van der Waals surface area contributed by atoms with E-state index in [1.807, 2.05) is 25.2 Å². The Bertz CT molecular complexity index is 1920. The Morgan fingerprint density at radius 3 is 2.44 bits per heavy atom. The number of hydrogen-bond acceptors (Lipinski definition) is 10. The monoisotopic (exact) mass is 651 g/mol. The molecule has 1 fully saturated rings. The molecular weight excluding hydrogens is 614 g/mol. The van der Waals surface area contributed by atoms with Crippen molar-refractivity contribution >= 4 is 52.3 Å². The van der Waals surface area contributed by atoms with E-state index in [1.165, 1.54) is 11.9 Å². The number of hydrogen-bond donors (Lipinski definition) is 4. The fourth-order valence-corrected chi connectivity index (χ4v) is 5.85. The second-order valence-electron chi connectivity index (χ2n) is 12.0. The lowest BCUT2D eigenvalue weighted by molar-refractivity contribution is -0.118. The summed E-state index contributed by atoms with van der Waals surface area (Å²) in [4.78, 5) is 58.6. The Morgan fingerprint density at radius 1 is 0.958 bits per heavy atom. The van der Waals surface area contributed by atoms with Gasteiger partial charge in [0.05, 0.1) is 35.0 Å². The summed E-state index contributed by atoms with van der Waals surface area (Å²) in [5, 5.41) is 24.4. The standard InChI is InChI=1S/C33H37N11O4/c1-6-24-30-20(16-35-44(30)17-27(45)38-25-12-8-11-22(37-25)33(48)42(3)4)19-9-7-10-21(29(19)43(24)5)36-23-15-26(39-31(46)18-13-14-18)40-41-28(23)32(47)34-2/h7-12,15-16,18,24H,6,13-14,17H2,1-5H3,(H,34,47)(H,37,38,45)(H2,36,39,40,46). The summed E-state index contributed by atoms with van der Waals surface area (Å²) in [6.07, 6.45) is 4.15. The van der Waals surface area contributed by atoms with E-state index < -0.39 is 5.91 Å². The second kappa shape index (κ2) is 13.1. The highest BCUT2D eigenvalue weighted by molar-refractivity contribution is 6.01. The van der Waals surface area contributed by atoms with Crippen molar-refractivity contribution in [2.75, 3.05) is 49.0 Å². The van der Waals surface area contributed by atoms with Crippen LogP contribution in [0.4, 0.5) is 28.7 Å². The van der Waals surface area contributed by atoms with Crippen LogP contribution in [-0.2, 0) is 16.1 Å². The zero-order valence-corrected chi connectivity index (χ0v) is 27.4. The molecule has 4 heterocycles. The van der Waals surface area contributed by atoms with Crippen LogP contribution in [-0.4, -0.2) is 81.7 Å². The van der Waals surface area contributed by atoms with Crippen molar-refractivity contribution in [3.63, 3.8) is 0 Å².